The molecule has 72 valence electrons. The van der Waals surface area contributed by atoms with E-state index in [-0.39, 0.29) is 0 Å². The van der Waals surface area contributed by atoms with Gasteiger partial charge in [-0.2, -0.15) is 0 Å². The number of rotatable bonds is 5. The molecule has 1 rings (SSSR count). The summed E-state index contributed by atoms with van der Waals surface area (Å²) in [4.78, 5) is 0. The molecule has 1 aromatic carbocycles. The van der Waals surface area contributed by atoms with Crippen LogP contribution in [0.3, 0.4) is 0 Å². The van der Waals surface area contributed by atoms with Crippen molar-refractivity contribution in [3.05, 3.63) is 35.4 Å². The Balaban J connectivity index is 2.46. The summed E-state index contributed by atoms with van der Waals surface area (Å²) in [5.41, 5.74) is 8.00. The van der Waals surface area contributed by atoms with Crippen molar-refractivity contribution in [2.75, 3.05) is 13.7 Å². The molecule has 0 aromatic heterocycles. The van der Waals surface area contributed by atoms with Gasteiger partial charge in [-0.05, 0) is 18.2 Å². The maximum Gasteiger partial charge on any atom is 0.0454 e. The van der Waals surface area contributed by atoms with E-state index in [1.165, 1.54) is 11.1 Å². The molecule has 4 N–H and O–H groups in total. The van der Waals surface area contributed by atoms with Crippen molar-refractivity contribution in [3.63, 3.8) is 0 Å². The molecule has 0 unspecified atom stereocenters. The van der Waals surface area contributed by atoms with Crippen LogP contribution in [0.1, 0.15) is 11.1 Å². The zero-order valence-electron chi connectivity index (χ0n) is 8.01. The van der Waals surface area contributed by atoms with Gasteiger partial charge in [0, 0.05) is 19.8 Å². The number of nitrogens with two attached hydrogens (primary N) is 1. The highest BCUT2D eigenvalue weighted by Gasteiger charge is 1.93. The zero-order chi connectivity index (χ0) is 9.52. The van der Waals surface area contributed by atoms with Gasteiger partial charge in [-0.3, -0.25) is 0 Å². The predicted octanol–water partition coefficient (Wildman–Crippen LogP) is 0.412. The Morgan fingerprint density at radius 1 is 1.31 bits per heavy atom. The summed E-state index contributed by atoms with van der Waals surface area (Å²) in [6, 6.07) is 8.31. The number of hydrogen-bond donors (Lipinski definition) is 3. The molecule has 0 saturated carbocycles. The van der Waals surface area contributed by atoms with E-state index in [0.29, 0.717) is 6.54 Å². The maximum absolute atomic E-state index is 5.54. The predicted molar refractivity (Wildman–Crippen MR) is 55.1 cm³/mol. The van der Waals surface area contributed by atoms with E-state index < -0.39 is 0 Å². The molecule has 0 radical (unpaired) electrons. The summed E-state index contributed by atoms with van der Waals surface area (Å²) < 4.78 is 0. The van der Waals surface area contributed by atoms with E-state index in [1.807, 2.05) is 19.2 Å². The normalized spacial score (nSPS) is 10.3. The standard InChI is InChI=1S/C10H17N3/c1-12-8-13-7-10-4-2-3-9(5-10)6-11/h2-5,12-13H,6-8,11H2,1H3. The monoisotopic (exact) mass is 179 g/mol. The van der Waals surface area contributed by atoms with E-state index in [4.69, 9.17) is 5.73 Å². The molecular weight excluding hydrogens is 162 g/mol. The lowest BCUT2D eigenvalue weighted by Gasteiger charge is -2.05. The molecule has 0 saturated heterocycles. The zero-order valence-corrected chi connectivity index (χ0v) is 8.01. The van der Waals surface area contributed by atoms with Gasteiger partial charge in [-0.1, -0.05) is 24.3 Å². The molecule has 0 bridgehead atoms. The van der Waals surface area contributed by atoms with E-state index >= 15 is 0 Å². The van der Waals surface area contributed by atoms with Gasteiger partial charge < -0.3 is 16.4 Å². The van der Waals surface area contributed by atoms with Crippen LogP contribution in [0, 0.1) is 0 Å². The van der Waals surface area contributed by atoms with Crippen LogP contribution in [0.25, 0.3) is 0 Å². The third kappa shape index (κ3) is 3.55. The van der Waals surface area contributed by atoms with Gasteiger partial charge in [-0.15, -0.1) is 0 Å². The minimum atomic E-state index is 0.611. The average molecular weight is 179 g/mol. The summed E-state index contributed by atoms with van der Waals surface area (Å²) in [5.74, 6) is 0. The van der Waals surface area contributed by atoms with Crippen molar-refractivity contribution in [2.24, 2.45) is 5.73 Å². The largest absolute Gasteiger partial charge is 0.326 e. The lowest BCUT2D eigenvalue weighted by atomic mass is 10.1. The Morgan fingerprint density at radius 3 is 2.77 bits per heavy atom. The highest BCUT2D eigenvalue weighted by molar-refractivity contribution is 5.23. The van der Waals surface area contributed by atoms with E-state index in [0.717, 1.165) is 13.2 Å². The van der Waals surface area contributed by atoms with E-state index in [1.54, 1.807) is 0 Å². The maximum atomic E-state index is 5.54. The molecule has 0 amide bonds. The van der Waals surface area contributed by atoms with Crippen molar-refractivity contribution >= 4 is 0 Å². The Bertz CT molecular complexity index is 248. The SMILES string of the molecule is CNCNCc1cccc(CN)c1. The molecule has 0 atom stereocenters. The van der Waals surface area contributed by atoms with Gasteiger partial charge in [-0.25, -0.2) is 0 Å². The third-order valence-corrected chi connectivity index (χ3v) is 1.86. The Labute approximate surface area is 79.3 Å². The molecular formula is C10H17N3. The summed E-state index contributed by atoms with van der Waals surface area (Å²) in [5, 5.41) is 6.28. The number of nitrogens with one attached hydrogen (secondary N) is 2. The van der Waals surface area contributed by atoms with Crippen LogP contribution in [0.2, 0.25) is 0 Å². The van der Waals surface area contributed by atoms with E-state index in [2.05, 4.69) is 22.8 Å². The van der Waals surface area contributed by atoms with Gasteiger partial charge in [0.05, 0.1) is 0 Å². The van der Waals surface area contributed by atoms with Gasteiger partial charge >= 0.3 is 0 Å². The van der Waals surface area contributed by atoms with Crippen LogP contribution in [-0.2, 0) is 13.1 Å². The Hall–Kier alpha value is -0.900. The highest BCUT2D eigenvalue weighted by atomic mass is 15.0. The van der Waals surface area contributed by atoms with Crippen molar-refractivity contribution in [3.8, 4) is 0 Å². The molecule has 0 aliphatic heterocycles. The molecule has 0 fully saturated rings. The molecule has 3 heteroatoms. The van der Waals surface area contributed by atoms with Crippen LogP contribution >= 0.6 is 0 Å². The number of hydrogen-bond acceptors (Lipinski definition) is 3. The van der Waals surface area contributed by atoms with Crippen molar-refractivity contribution in [1.82, 2.24) is 10.6 Å². The van der Waals surface area contributed by atoms with Gasteiger partial charge in [0.1, 0.15) is 0 Å². The van der Waals surface area contributed by atoms with Crippen molar-refractivity contribution < 1.29 is 0 Å². The summed E-state index contributed by atoms with van der Waals surface area (Å²) in [6.07, 6.45) is 0. The molecule has 3 nitrogen and oxygen atoms in total. The second-order valence-corrected chi connectivity index (χ2v) is 2.98. The molecule has 0 spiro atoms. The summed E-state index contributed by atoms with van der Waals surface area (Å²) in [6.45, 7) is 2.32. The van der Waals surface area contributed by atoms with Crippen LogP contribution in [-0.4, -0.2) is 13.7 Å². The second kappa shape index (κ2) is 5.70. The Kier molecular flexibility index (Phi) is 4.46. The minimum absolute atomic E-state index is 0.611. The summed E-state index contributed by atoms with van der Waals surface area (Å²) in [7, 11) is 1.92. The van der Waals surface area contributed by atoms with Crippen LogP contribution < -0.4 is 16.4 Å². The van der Waals surface area contributed by atoms with Gasteiger partial charge in [0.15, 0.2) is 0 Å². The fraction of sp³-hybridized carbons (Fsp3) is 0.400. The lowest BCUT2D eigenvalue weighted by Crippen LogP contribution is -2.25. The second-order valence-electron chi connectivity index (χ2n) is 2.98. The third-order valence-electron chi connectivity index (χ3n) is 1.86. The summed E-state index contributed by atoms with van der Waals surface area (Å²) >= 11 is 0. The minimum Gasteiger partial charge on any atom is -0.326 e. The molecule has 0 aliphatic rings. The molecule has 0 heterocycles. The van der Waals surface area contributed by atoms with Crippen LogP contribution in [0.4, 0.5) is 0 Å². The van der Waals surface area contributed by atoms with Crippen molar-refractivity contribution in [1.29, 1.82) is 0 Å². The van der Waals surface area contributed by atoms with Gasteiger partial charge in [0.2, 0.25) is 0 Å². The molecule has 0 aliphatic carbocycles. The smallest absolute Gasteiger partial charge is 0.0454 e. The fourth-order valence-electron chi connectivity index (χ4n) is 1.20. The Morgan fingerprint density at radius 2 is 2.08 bits per heavy atom. The van der Waals surface area contributed by atoms with Crippen molar-refractivity contribution in [2.45, 2.75) is 13.1 Å². The van der Waals surface area contributed by atoms with Crippen LogP contribution in [0.5, 0.6) is 0 Å². The van der Waals surface area contributed by atoms with Crippen LogP contribution in [0.15, 0.2) is 24.3 Å². The molecule has 13 heavy (non-hydrogen) atoms. The first kappa shape index (κ1) is 10.2. The van der Waals surface area contributed by atoms with E-state index in [9.17, 15) is 0 Å². The fourth-order valence-corrected chi connectivity index (χ4v) is 1.20. The number of benzene rings is 1. The quantitative estimate of drug-likeness (QED) is 0.453. The van der Waals surface area contributed by atoms with Gasteiger partial charge in [0.25, 0.3) is 0 Å². The first-order valence-electron chi connectivity index (χ1n) is 4.50. The first-order valence-corrected chi connectivity index (χ1v) is 4.50. The average Bonchev–Trinajstić information content (AvgIpc) is 2.19. The lowest BCUT2D eigenvalue weighted by molar-refractivity contribution is 0.631. The highest BCUT2D eigenvalue weighted by Crippen LogP contribution is 2.03. The first-order chi connectivity index (χ1) is 6.36. The topological polar surface area (TPSA) is 50.1 Å². The molecule has 1 aromatic rings.